The number of anilines is 1. The Morgan fingerprint density at radius 2 is 1.60 bits per heavy atom. The molecule has 0 aromatic heterocycles. The number of ether oxygens (including phenoxy) is 3. The molecule has 0 spiro atoms. The molecule has 0 saturated carbocycles. The predicted octanol–water partition coefficient (Wildman–Crippen LogP) is 4.34. The molecular weight excluding hydrogens is 448 g/mol. The third-order valence-electron chi connectivity index (χ3n) is 5.27. The Balaban J connectivity index is 1.57. The maximum Gasteiger partial charge on any atom is 0.335 e. The summed E-state index contributed by atoms with van der Waals surface area (Å²) in [7, 11) is 1.53. The van der Waals surface area contributed by atoms with Crippen molar-refractivity contribution in [2.75, 3.05) is 18.6 Å². The van der Waals surface area contributed by atoms with E-state index in [1.54, 1.807) is 42.5 Å². The van der Waals surface area contributed by atoms with Gasteiger partial charge in [0.05, 0.1) is 19.4 Å². The fraction of sp³-hybridized carbons (Fsp3) is 0.148. The van der Waals surface area contributed by atoms with Crippen LogP contribution in [0.15, 0.2) is 78.4 Å². The number of hydrogen-bond donors (Lipinski definition) is 1. The molecule has 8 nitrogen and oxygen atoms in total. The minimum Gasteiger partial charge on any atom is -0.497 e. The van der Waals surface area contributed by atoms with E-state index in [0.29, 0.717) is 41.7 Å². The third kappa shape index (κ3) is 5.33. The fourth-order valence-electron chi connectivity index (χ4n) is 3.52. The van der Waals surface area contributed by atoms with Crippen molar-refractivity contribution in [3.05, 3.63) is 89.5 Å². The molecule has 35 heavy (non-hydrogen) atoms. The third-order valence-corrected chi connectivity index (χ3v) is 5.27. The minimum atomic E-state index is -0.824. The van der Waals surface area contributed by atoms with Crippen LogP contribution in [0.4, 0.5) is 10.5 Å². The lowest BCUT2D eigenvalue weighted by Crippen LogP contribution is -2.54. The van der Waals surface area contributed by atoms with Crippen molar-refractivity contribution in [3.63, 3.8) is 0 Å². The average Bonchev–Trinajstić information content (AvgIpc) is 2.87. The lowest BCUT2D eigenvalue weighted by atomic mass is 10.1. The molecule has 4 amide bonds. The van der Waals surface area contributed by atoms with Gasteiger partial charge in [0.15, 0.2) is 0 Å². The van der Waals surface area contributed by atoms with Crippen LogP contribution in [0.25, 0.3) is 6.08 Å². The molecule has 1 aliphatic rings. The number of urea groups is 1. The van der Waals surface area contributed by atoms with Gasteiger partial charge in [-0.25, -0.2) is 9.69 Å². The molecule has 0 atom stereocenters. The second kappa shape index (κ2) is 10.6. The Morgan fingerprint density at radius 3 is 2.29 bits per heavy atom. The number of nitrogens with zero attached hydrogens (tertiary/aromatic N) is 1. The van der Waals surface area contributed by atoms with Crippen LogP contribution >= 0.6 is 0 Å². The van der Waals surface area contributed by atoms with E-state index in [0.717, 1.165) is 10.5 Å². The maximum atomic E-state index is 13.2. The van der Waals surface area contributed by atoms with Crippen molar-refractivity contribution in [2.24, 2.45) is 0 Å². The number of methoxy groups -OCH3 is 1. The average molecular weight is 472 g/mol. The smallest absolute Gasteiger partial charge is 0.335 e. The molecule has 3 aromatic rings. The maximum absolute atomic E-state index is 13.2. The highest BCUT2D eigenvalue weighted by molar-refractivity contribution is 6.39. The molecule has 1 aliphatic heterocycles. The lowest BCUT2D eigenvalue weighted by Gasteiger charge is -2.26. The standard InChI is InChI=1S/C27H24N2O6/c1-3-34-24-16-22(33-2)12-9-19(24)15-23-25(30)28-27(32)29(26(23)31)20-10-13-21(14-11-20)35-17-18-7-5-4-6-8-18/h4-16H,3,17H2,1-2H3,(H,28,30,32)/b23-15+. The Morgan fingerprint density at radius 1 is 0.886 bits per heavy atom. The second-order valence-corrected chi connectivity index (χ2v) is 7.56. The zero-order valence-electron chi connectivity index (χ0n) is 19.3. The number of carbonyl (C=O) groups is 3. The summed E-state index contributed by atoms with van der Waals surface area (Å²) in [6.45, 7) is 2.59. The van der Waals surface area contributed by atoms with Crippen LogP contribution in [0.1, 0.15) is 18.1 Å². The van der Waals surface area contributed by atoms with Gasteiger partial charge < -0.3 is 14.2 Å². The van der Waals surface area contributed by atoms with Crippen molar-refractivity contribution in [2.45, 2.75) is 13.5 Å². The molecule has 1 N–H and O–H groups in total. The molecule has 0 bridgehead atoms. The predicted molar refractivity (Wildman–Crippen MR) is 130 cm³/mol. The quantitative estimate of drug-likeness (QED) is 0.387. The summed E-state index contributed by atoms with van der Waals surface area (Å²) in [5.74, 6) is 0.0749. The summed E-state index contributed by atoms with van der Waals surface area (Å²) in [6, 6.07) is 20.4. The second-order valence-electron chi connectivity index (χ2n) is 7.56. The molecule has 1 saturated heterocycles. The van der Waals surface area contributed by atoms with Gasteiger partial charge in [0, 0.05) is 11.6 Å². The zero-order valence-corrected chi connectivity index (χ0v) is 19.3. The highest BCUT2D eigenvalue weighted by Gasteiger charge is 2.37. The van der Waals surface area contributed by atoms with Crippen molar-refractivity contribution in [1.29, 1.82) is 0 Å². The Kier molecular flexibility index (Phi) is 7.11. The van der Waals surface area contributed by atoms with Crippen LogP contribution in [-0.4, -0.2) is 31.6 Å². The Hall–Kier alpha value is -4.59. The molecule has 4 rings (SSSR count). The van der Waals surface area contributed by atoms with Crippen LogP contribution in [0.2, 0.25) is 0 Å². The van der Waals surface area contributed by atoms with Crippen LogP contribution in [0, 0.1) is 0 Å². The van der Waals surface area contributed by atoms with Crippen LogP contribution in [0.3, 0.4) is 0 Å². The van der Waals surface area contributed by atoms with Gasteiger partial charge in [0.25, 0.3) is 11.8 Å². The Labute approximate surface area is 202 Å². The van der Waals surface area contributed by atoms with Crippen molar-refractivity contribution >= 4 is 29.6 Å². The highest BCUT2D eigenvalue weighted by Crippen LogP contribution is 2.29. The number of benzene rings is 3. The van der Waals surface area contributed by atoms with Gasteiger partial charge in [-0.2, -0.15) is 0 Å². The topological polar surface area (TPSA) is 94.2 Å². The molecule has 0 radical (unpaired) electrons. The monoisotopic (exact) mass is 472 g/mol. The van der Waals surface area contributed by atoms with Gasteiger partial charge in [-0.1, -0.05) is 30.3 Å². The number of imide groups is 2. The van der Waals surface area contributed by atoms with E-state index >= 15 is 0 Å². The van der Waals surface area contributed by atoms with Gasteiger partial charge in [-0.05, 0) is 55.0 Å². The number of carbonyl (C=O) groups excluding carboxylic acids is 3. The van der Waals surface area contributed by atoms with E-state index in [-0.39, 0.29) is 5.57 Å². The van der Waals surface area contributed by atoms with Crippen molar-refractivity contribution in [1.82, 2.24) is 5.32 Å². The summed E-state index contributed by atoms with van der Waals surface area (Å²) in [5.41, 5.74) is 1.63. The molecule has 0 unspecified atom stereocenters. The van der Waals surface area contributed by atoms with Crippen LogP contribution in [0.5, 0.6) is 17.2 Å². The van der Waals surface area contributed by atoms with Crippen LogP contribution < -0.4 is 24.4 Å². The molecule has 178 valence electrons. The van der Waals surface area contributed by atoms with E-state index in [1.165, 1.54) is 13.2 Å². The Bertz CT molecular complexity index is 1270. The first-order valence-corrected chi connectivity index (χ1v) is 11.0. The van der Waals surface area contributed by atoms with Crippen LogP contribution in [-0.2, 0) is 16.2 Å². The van der Waals surface area contributed by atoms with Gasteiger partial charge >= 0.3 is 6.03 Å². The summed E-state index contributed by atoms with van der Waals surface area (Å²) < 4.78 is 16.6. The highest BCUT2D eigenvalue weighted by atomic mass is 16.5. The first-order chi connectivity index (χ1) is 17.0. The van der Waals surface area contributed by atoms with E-state index in [1.807, 2.05) is 37.3 Å². The molecule has 0 aliphatic carbocycles. The zero-order chi connectivity index (χ0) is 24.8. The summed E-state index contributed by atoms with van der Waals surface area (Å²) in [4.78, 5) is 39.2. The van der Waals surface area contributed by atoms with Gasteiger partial charge in [0.1, 0.15) is 29.4 Å². The molecule has 1 heterocycles. The molecular formula is C27H24N2O6. The SMILES string of the molecule is CCOc1cc(OC)ccc1/C=C1\C(=O)NC(=O)N(c2ccc(OCc3ccccc3)cc2)C1=O. The normalized spacial score (nSPS) is 14.6. The number of rotatable bonds is 8. The van der Waals surface area contributed by atoms with Crippen molar-refractivity contribution in [3.8, 4) is 17.2 Å². The van der Waals surface area contributed by atoms with Gasteiger partial charge in [-0.15, -0.1) is 0 Å². The lowest BCUT2D eigenvalue weighted by molar-refractivity contribution is -0.122. The van der Waals surface area contributed by atoms with E-state index in [9.17, 15) is 14.4 Å². The molecule has 8 heteroatoms. The summed E-state index contributed by atoms with van der Waals surface area (Å²) in [5, 5.41) is 2.23. The summed E-state index contributed by atoms with van der Waals surface area (Å²) >= 11 is 0. The molecule has 1 fully saturated rings. The summed E-state index contributed by atoms with van der Waals surface area (Å²) in [6.07, 6.45) is 1.40. The molecule has 3 aromatic carbocycles. The van der Waals surface area contributed by atoms with Gasteiger partial charge in [-0.3, -0.25) is 14.9 Å². The van der Waals surface area contributed by atoms with E-state index in [4.69, 9.17) is 14.2 Å². The number of amides is 4. The van der Waals surface area contributed by atoms with Gasteiger partial charge in [0.2, 0.25) is 0 Å². The largest absolute Gasteiger partial charge is 0.497 e. The number of hydrogen-bond acceptors (Lipinski definition) is 6. The van der Waals surface area contributed by atoms with E-state index < -0.39 is 17.8 Å². The van der Waals surface area contributed by atoms with Crippen molar-refractivity contribution < 1.29 is 28.6 Å². The first kappa shape index (κ1) is 23.6. The first-order valence-electron chi connectivity index (χ1n) is 11.0. The fourth-order valence-corrected chi connectivity index (χ4v) is 3.52. The number of nitrogens with one attached hydrogen (secondary N) is 1. The van der Waals surface area contributed by atoms with E-state index in [2.05, 4.69) is 5.32 Å². The number of barbiturate groups is 1. The minimum absolute atomic E-state index is 0.194.